The lowest BCUT2D eigenvalue weighted by Crippen LogP contribution is -2.50. The van der Waals surface area contributed by atoms with E-state index >= 15 is 0 Å². The van der Waals surface area contributed by atoms with E-state index in [1.807, 2.05) is 25.7 Å². The minimum absolute atomic E-state index is 0.137. The average Bonchev–Trinajstić information content (AvgIpc) is 3.48. The summed E-state index contributed by atoms with van der Waals surface area (Å²) in [6, 6.07) is 5.15. The van der Waals surface area contributed by atoms with E-state index in [0.29, 0.717) is 54.3 Å². The first kappa shape index (κ1) is 29.2. The first-order valence-electron chi connectivity index (χ1n) is 13.9. The quantitative estimate of drug-likeness (QED) is 0.454. The number of benzene rings is 1. The van der Waals surface area contributed by atoms with Crippen LogP contribution < -0.4 is 10.2 Å². The molecule has 1 saturated heterocycles. The molecule has 224 valence electrons. The summed E-state index contributed by atoms with van der Waals surface area (Å²) in [6.07, 6.45) is 2.66. The molecule has 4 heterocycles. The molecule has 12 nitrogen and oxygen atoms in total. The highest BCUT2D eigenvalue weighted by atomic mass is 19.1. The third-order valence-electron chi connectivity index (χ3n) is 7.29. The molecule has 0 bridgehead atoms. The number of rotatable bonds is 6. The summed E-state index contributed by atoms with van der Waals surface area (Å²) in [5, 5.41) is 17.2. The Morgan fingerprint density at radius 1 is 1.14 bits per heavy atom. The molecule has 2 N–H and O–H groups in total. The predicted octanol–water partition coefficient (Wildman–Crippen LogP) is 3.10. The first-order chi connectivity index (χ1) is 19.7. The number of ether oxygens (including phenoxy) is 1. The van der Waals surface area contributed by atoms with Crippen molar-refractivity contribution in [2.24, 2.45) is 0 Å². The molecule has 1 atom stereocenters. The fraction of sp³-hybridized carbons (Fsp3) is 0.483. The Labute approximate surface area is 243 Å². The van der Waals surface area contributed by atoms with Crippen LogP contribution in [0.3, 0.4) is 0 Å². The molecule has 1 aromatic carbocycles. The van der Waals surface area contributed by atoms with Gasteiger partial charge in [-0.15, -0.1) is 0 Å². The van der Waals surface area contributed by atoms with Crippen molar-refractivity contribution in [1.82, 2.24) is 24.4 Å². The molecule has 0 saturated carbocycles. The van der Waals surface area contributed by atoms with Gasteiger partial charge in [0.05, 0.1) is 29.7 Å². The number of amides is 3. The summed E-state index contributed by atoms with van der Waals surface area (Å²) in [5.41, 5.74) is 0.555. The van der Waals surface area contributed by atoms with E-state index in [1.54, 1.807) is 35.5 Å². The van der Waals surface area contributed by atoms with Crippen molar-refractivity contribution in [3.8, 4) is 0 Å². The van der Waals surface area contributed by atoms with Crippen LogP contribution in [-0.4, -0.2) is 97.5 Å². The molecule has 0 spiro atoms. The van der Waals surface area contributed by atoms with Gasteiger partial charge in [0, 0.05) is 50.7 Å². The lowest BCUT2D eigenvalue weighted by molar-refractivity contribution is -0.0159. The highest BCUT2D eigenvalue weighted by Gasteiger charge is 2.36. The standard InChI is InChI=1S/C29H36FN7O5/c1-28(2,3)42-27(40)35-11-9-34(10-12-35)22-14-19-18(16-36(26(19)39)17-23(30)29(4,5)41)13-21(22)33-25(38)20-15-32-37-8-6-7-31-24(20)37/h6-8,13-15,23,41H,9-12,16-17H2,1-5H3,(H,33,38)/t23-/m1/s1. The van der Waals surface area contributed by atoms with Crippen LogP contribution in [0.4, 0.5) is 20.6 Å². The summed E-state index contributed by atoms with van der Waals surface area (Å²) in [6.45, 7) is 9.67. The van der Waals surface area contributed by atoms with Crippen LogP contribution in [0.5, 0.6) is 0 Å². The van der Waals surface area contributed by atoms with Gasteiger partial charge in [0.1, 0.15) is 17.3 Å². The van der Waals surface area contributed by atoms with Crippen molar-refractivity contribution >= 4 is 34.9 Å². The van der Waals surface area contributed by atoms with Crippen molar-refractivity contribution in [2.45, 2.75) is 58.5 Å². The Kier molecular flexibility index (Phi) is 7.56. The highest BCUT2D eigenvalue weighted by Crippen LogP contribution is 2.36. The minimum atomic E-state index is -1.64. The number of nitrogens with one attached hydrogen (secondary N) is 1. The molecule has 2 aromatic heterocycles. The fourth-order valence-corrected chi connectivity index (χ4v) is 4.97. The van der Waals surface area contributed by atoms with Crippen molar-refractivity contribution in [1.29, 1.82) is 0 Å². The zero-order valence-corrected chi connectivity index (χ0v) is 24.4. The van der Waals surface area contributed by atoms with Crippen LogP contribution >= 0.6 is 0 Å². The van der Waals surface area contributed by atoms with Gasteiger partial charge in [-0.05, 0) is 58.4 Å². The summed E-state index contributed by atoms with van der Waals surface area (Å²) in [4.78, 5) is 48.6. The van der Waals surface area contributed by atoms with Gasteiger partial charge in [-0.1, -0.05) is 0 Å². The van der Waals surface area contributed by atoms with Gasteiger partial charge in [-0.2, -0.15) is 5.10 Å². The van der Waals surface area contributed by atoms with Crippen LogP contribution in [0.2, 0.25) is 0 Å². The van der Waals surface area contributed by atoms with E-state index in [4.69, 9.17) is 4.74 Å². The predicted molar refractivity (Wildman–Crippen MR) is 153 cm³/mol. The number of hydrogen-bond donors (Lipinski definition) is 2. The van der Waals surface area contributed by atoms with Gasteiger partial charge in [-0.25, -0.2) is 18.7 Å². The van der Waals surface area contributed by atoms with Crippen LogP contribution in [0, 0.1) is 0 Å². The molecular formula is C29H36FN7O5. The van der Waals surface area contributed by atoms with E-state index < -0.39 is 29.4 Å². The second-order valence-corrected chi connectivity index (χ2v) is 12.2. The van der Waals surface area contributed by atoms with E-state index in [2.05, 4.69) is 15.4 Å². The van der Waals surface area contributed by atoms with Crippen molar-refractivity contribution in [3.63, 3.8) is 0 Å². The summed E-state index contributed by atoms with van der Waals surface area (Å²) < 4.78 is 21.7. The number of carbonyl (C=O) groups excluding carboxylic acids is 3. The monoisotopic (exact) mass is 581 g/mol. The second kappa shape index (κ2) is 10.9. The number of anilines is 2. The number of carbonyl (C=O) groups is 3. The number of alkyl halides is 1. The zero-order chi connectivity index (χ0) is 30.4. The number of piperazine rings is 1. The molecule has 5 rings (SSSR count). The molecule has 0 unspecified atom stereocenters. The number of aliphatic hydroxyl groups is 1. The Morgan fingerprint density at radius 3 is 2.52 bits per heavy atom. The maximum atomic E-state index is 14.7. The molecule has 13 heteroatoms. The molecule has 0 radical (unpaired) electrons. The number of hydrogen-bond acceptors (Lipinski definition) is 8. The van der Waals surface area contributed by atoms with Gasteiger partial charge in [0.25, 0.3) is 11.8 Å². The largest absolute Gasteiger partial charge is 0.444 e. The maximum absolute atomic E-state index is 14.7. The van der Waals surface area contributed by atoms with Gasteiger partial charge in [-0.3, -0.25) is 9.59 Å². The lowest BCUT2D eigenvalue weighted by Gasteiger charge is -2.37. The average molecular weight is 582 g/mol. The van der Waals surface area contributed by atoms with Crippen LogP contribution in [0.25, 0.3) is 5.65 Å². The maximum Gasteiger partial charge on any atom is 0.410 e. The Balaban J connectivity index is 1.43. The van der Waals surface area contributed by atoms with Crippen molar-refractivity contribution in [2.75, 3.05) is 42.9 Å². The molecule has 2 aliphatic rings. The number of aromatic nitrogens is 3. The number of fused-ring (bicyclic) bond motifs is 2. The van der Waals surface area contributed by atoms with Gasteiger partial charge in [0.15, 0.2) is 5.65 Å². The summed E-state index contributed by atoms with van der Waals surface area (Å²) >= 11 is 0. The van der Waals surface area contributed by atoms with Crippen LogP contribution in [0.15, 0.2) is 36.8 Å². The van der Waals surface area contributed by atoms with Gasteiger partial charge < -0.3 is 29.9 Å². The second-order valence-electron chi connectivity index (χ2n) is 12.2. The first-order valence-corrected chi connectivity index (χ1v) is 13.9. The van der Waals surface area contributed by atoms with Crippen LogP contribution in [0.1, 0.15) is 60.9 Å². The topological polar surface area (TPSA) is 133 Å². The minimum Gasteiger partial charge on any atom is -0.444 e. The molecule has 3 aromatic rings. The summed E-state index contributed by atoms with van der Waals surface area (Å²) in [7, 11) is 0. The van der Waals surface area contributed by atoms with Gasteiger partial charge in [0.2, 0.25) is 0 Å². The number of halogens is 1. The molecule has 42 heavy (non-hydrogen) atoms. The molecule has 1 fully saturated rings. The van der Waals surface area contributed by atoms with E-state index in [0.717, 1.165) is 0 Å². The van der Waals surface area contributed by atoms with Crippen molar-refractivity contribution in [3.05, 3.63) is 53.5 Å². The smallest absolute Gasteiger partial charge is 0.410 e. The van der Waals surface area contributed by atoms with E-state index in [1.165, 1.54) is 29.5 Å². The Morgan fingerprint density at radius 2 is 1.86 bits per heavy atom. The SMILES string of the molecule is CC(C)(C)OC(=O)N1CCN(c2cc3c(cc2NC(=O)c2cnn4cccnc24)CN(C[C@@H](F)C(C)(C)O)C3=O)CC1. The summed E-state index contributed by atoms with van der Waals surface area (Å²) in [5.74, 6) is -0.778. The highest BCUT2D eigenvalue weighted by molar-refractivity contribution is 6.10. The molecule has 0 aliphatic carbocycles. The molecule has 3 amide bonds. The number of nitrogens with zero attached hydrogens (tertiary/aromatic N) is 6. The van der Waals surface area contributed by atoms with E-state index in [-0.39, 0.29) is 24.6 Å². The lowest BCUT2D eigenvalue weighted by atomic mass is 10.0. The third kappa shape index (κ3) is 6.01. The van der Waals surface area contributed by atoms with Gasteiger partial charge >= 0.3 is 6.09 Å². The van der Waals surface area contributed by atoms with Crippen LogP contribution in [-0.2, 0) is 11.3 Å². The molecular weight excluding hydrogens is 545 g/mol. The fourth-order valence-electron chi connectivity index (χ4n) is 4.97. The third-order valence-corrected chi connectivity index (χ3v) is 7.29. The molecule has 2 aliphatic heterocycles. The zero-order valence-electron chi connectivity index (χ0n) is 24.4. The Hall–Kier alpha value is -4.26. The normalized spacial score (nSPS) is 16.5. The van der Waals surface area contributed by atoms with E-state index in [9.17, 15) is 23.9 Å². The Bertz CT molecular complexity index is 1520. The van der Waals surface area contributed by atoms with Crippen molar-refractivity contribution < 1.29 is 28.6 Å².